The second-order valence-electron chi connectivity index (χ2n) is 20.4. The standard InChI is InChI=1S/C54H71ClN10O8S2/c1-32(2)75(71,72)45-17-13-12-16-41(45)61-49-40(55)29-57-53(63-49)62-42-26-33(3)38(27-44(42)73-10)22-25-64(9)24-15-11-14-23-56-51(69)46-47(74-31-58-46)37-20-18-36(19-21-37)34(4)59-50(68)43-28-39(67)30-65(43)52(70)48(54(6,7)8)60-35(5)66/h12-13,16-21,26-27,29,31-32,34,39,43,48,67H,11,14-15,22-25,28,30H2,1-10H3,(H,56,69)(H,59,68)(H,60,66)(H2,57,61,62,63)/t34-,39+,43-,48+/m0/s1. The van der Waals surface area contributed by atoms with Crippen LogP contribution >= 0.6 is 22.9 Å². The molecule has 18 nitrogen and oxygen atoms in total. The summed E-state index contributed by atoms with van der Waals surface area (Å²) < 4.78 is 31.9. The Morgan fingerprint density at radius 2 is 1.68 bits per heavy atom. The summed E-state index contributed by atoms with van der Waals surface area (Å²) in [6.07, 6.45) is 4.15. The van der Waals surface area contributed by atoms with Gasteiger partial charge in [0, 0.05) is 33.0 Å². The first kappa shape index (κ1) is 58.1. The van der Waals surface area contributed by atoms with Crippen molar-refractivity contribution >= 4 is 79.5 Å². The first-order chi connectivity index (χ1) is 35.5. The Bertz CT molecular complexity index is 2930. The first-order valence-corrected chi connectivity index (χ1v) is 27.9. The zero-order valence-electron chi connectivity index (χ0n) is 44.4. The molecule has 3 aromatic carbocycles. The van der Waals surface area contributed by atoms with Crippen LogP contribution in [0, 0.1) is 12.3 Å². The molecular weight excluding hydrogens is 1020 g/mol. The van der Waals surface area contributed by atoms with E-state index in [-0.39, 0.29) is 46.5 Å². The molecule has 4 atom stereocenters. The minimum absolute atomic E-state index is 0.00570. The van der Waals surface area contributed by atoms with E-state index in [2.05, 4.69) is 53.5 Å². The lowest BCUT2D eigenvalue weighted by atomic mass is 9.85. The Labute approximate surface area is 449 Å². The van der Waals surface area contributed by atoms with Crippen molar-refractivity contribution in [1.29, 1.82) is 0 Å². The highest BCUT2D eigenvalue weighted by atomic mass is 35.5. The van der Waals surface area contributed by atoms with Gasteiger partial charge in [0.2, 0.25) is 23.7 Å². The quantitative estimate of drug-likeness (QED) is 0.0340. The summed E-state index contributed by atoms with van der Waals surface area (Å²) in [6, 6.07) is 16.0. The van der Waals surface area contributed by atoms with Crippen molar-refractivity contribution in [3.8, 4) is 16.2 Å². The van der Waals surface area contributed by atoms with Crippen LogP contribution in [0.15, 0.2) is 77.3 Å². The SMILES string of the molecule is COc1cc(CCN(C)CCCCCNC(=O)c2ncsc2-c2ccc([C@H](C)NC(=O)[C@@H]3C[C@@H](O)CN3C(=O)[C@@H](NC(C)=O)C(C)(C)C)cc2)c(C)cc1Nc1ncc(Cl)c(Nc2ccccc2S(=O)(=O)C(C)C)n1. The Morgan fingerprint density at radius 3 is 2.36 bits per heavy atom. The van der Waals surface area contributed by atoms with Crippen molar-refractivity contribution in [1.82, 2.24) is 40.7 Å². The summed E-state index contributed by atoms with van der Waals surface area (Å²) in [6.45, 7) is 16.2. The molecular formula is C54H71ClN10O8S2. The number of thiazole rings is 1. The van der Waals surface area contributed by atoms with E-state index in [4.69, 9.17) is 16.3 Å². The Kier molecular flexibility index (Phi) is 19.8. The number of para-hydroxylation sites is 1. The summed E-state index contributed by atoms with van der Waals surface area (Å²) in [7, 11) is 0.114. The number of likely N-dealkylation sites (N-methyl/N-ethyl adjacent to an activating group) is 1. The molecule has 404 valence electrons. The molecule has 2 aromatic heterocycles. The molecule has 0 aliphatic carbocycles. The van der Waals surface area contributed by atoms with Crippen molar-refractivity contribution in [2.75, 3.05) is 51.0 Å². The number of halogens is 1. The number of benzene rings is 3. The molecule has 0 saturated carbocycles. The van der Waals surface area contributed by atoms with E-state index in [1.54, 1.807) is 50.7 Å². The number of anilines is 4. The Morgan fingerprint density at radius 1 is 0.960 bits per heavy atom. The van der Waals surface area contributed by atoms with Crippen LogP contribution in [0.1, 0.15) is 107 Å². The van der Waals surface area contributed by atoms with E-state index in [0.29, 0.717) is 29.4 Å². The molecule has 1 aliphatic heterocycles. The molecule has 6 N–H and O–H groups in total. The van der Waals surface area contributed by atoms with Gasteiger partial charge in [-0.25, -0.2) is 18.4 Å². The first-order valence-electron chi connectivity index (χ1n) is 25.1. The van der Waals surface area contributed by atoms with E-state index in [1.165, 1.54) is 29.4 Å². The topological polar surface area (TPSA) is 237 Å². The molecule has 0 unspecified atom stereocenters. The third kappa shape index (κ3) is 15.0. The fourth-order valence-electron chi connectivity index (χ4n) is 8.75. The number of aliphatic hydroxyl groups is 1. The second kappa shape index (κ2) is 25.6. The minimum atomic E-state index is -3.58. The fourth-order valence-corrected chi connectivity index (χ4v) is 10.9. The monoisotopic (exact) mass is 1090 g/mol. The molecule has 1 fully saturated rings. The minimum Gasteiger partial charge on any atom is -0.495 e. The highest BCUT2D eigenvalue weighted by Crippen LogP contribution is 2.35. The van der Waals surface area contributed by atoms with Gasteiger partial charge < -0.3 is 46.2 Å². The predicted molar refractivity (Wildman–Crippen MR) is 295 cm³/mol. The lowest BCUT2D eigenvalue weighted by Crippen LogP contribution is -2.57. The molecule has 4 amide bonds. The number of aryl methyl sites for hydroxylation is 1. The molecule has 3 heterocycles. The van der Waals surface area contributed by atoms with Crippen LogP contribution in [0.3, 0.4) is 0 Å². The number of carbonyl (C=O) groups excluding carboxylic acids is 4. The summed E-state index contributed by atoms with van der Waals surface area (Å²) in [5.74, 6) is -0.311. The van der Waals surface area contributed by atoms with Crippen LogP contribution in [-0.4, -0.2) is 126 Å². The van der Waals surface area contributed by atoms with Crippen molar-refractivity contribution in [2.24, 2.45) is 5.41 Å². The number of β-amino-alcohol motifs (C(OH)–C–C–N with tert-alkyl or cyclic N) is 1. The summed E-state index contributed by atoms with van der Waals surface area (Å²) >= 11 is 7.84. The van der Waals surface area contributed by atoms with Gasteiger partial charge >= 0.3 is 0 Å². The predicted octanol–water partition coefficient (Wildman–Crippen LogP) is 8.00. The molecule has 1 aliphatic rings. The number of likely N-dealkylation sites (tertiary alicyclic amines) is 1. The maximum atomic E-state index is 13.6. The maximum Gasteiger partial charge on any atom is 0.271 e. The van der Waals surface area contributed by atoms with Crippen molar-refractivity contribution < 1.29 is 37.4 Å². The molecule has 0 spiro atoms. The van der Waals surface area contributed by atoms with Crippen LogP contribution in [0.25, 0.3) is 10.4 Å². The van der Waals surface area contributed by atoms with Gasteiger partial charge in [0.1, 0.15) is 28.5 Å². The van der Waals surface area contributed by atoms with E-state index >= 15 is 0 Å². The third-order valence-electron chi connectivity index (χ3n) is 13.1. The molecule has 0 radical (unpaired) electrons. The molecule has 5 aromatic rings. The lowest BCUT2D eigenvalue weighted by molar-refractivity contribution is -0.144. The number of unbranched alkanes of at least 4 members (excludes halogenated alkanes) is 2. The van der Waals surface area contributed by atoms with Crippen LogP contribution in [-0.2, 0) is 30.6 Å². The van der Waals surface area contributed by atoms with E-state index in [1.807, 2.05) is 71.0 Å². The number of aliphatic hydroxyl groups excluding tert-OH is 1. The number of aromatic nitrogens is 3. The third-order valence-corrected chi connectivity index (χ3v) is 16.5. The van der Waals surface area contributed by atoms with Gasteiger partial charge in [-0.15, -0.1) is 11.3 Å². The average Bonchev–Trinajstić information content (AvgIpc) is 4.02. The smallest absolute Gasteiger partial charge is 0.271 e. The molecule has 75 heavy (non-hydrogen) atoms. The number of ether oxygens (including phenoxy) is 1. The van der Waals surface area contributed by atoms with E-state index < -0.39 is 56.5 Å². The van der Waals surface area contributed by atoms with Gasteiger partial charge in [0.25, 0.3) is 5.91 Å². The summed E-state index contributed by atoms with van der Waals surface area (Å²) in [5, 5.41) is 25.2. The number of carbonyl (C=O) groups is 4. The Hall–Kier alpha value is -6.19. The molecule has 21 heteroatoms. The zero-order chi connectivity index (χ0) is 54.8. The van der Waals surface area contributed by atoms with Crippen molar-refractivity contribution in [3.63, 3.8) is 0 Å². The number of nitrogens with zero attached hydrogens (tertiary/aromatic N) is 5. The molecule has 6 rings (SSSR count). The average molecular weight is 1090 g/mol. The largest absolute Gasteiger partial charge is 0.495 e. The van der Waals surface area contributed by atoms with Crippen molar-refractivity contribution in [3.05, 3.63) is 99.8 Å². The van der Waals surface area contributed by atoms with Crippen LogP contribution in [0.2, 0.25) is 5.02 Å². The van der Waals surface area contributed by atoms with E-state index in [0.717, 1.165) is 65.9 Å². The number of hydrogen-bond acceptors (Lipinski definition) is 15. The van der Waals surface area contributed by atoms with Crippen LogP contribution in [0.4, 0.5) is 23.1 Å². The van der Waals surface area contributed by atoms with Gasteiger partial charge in [0.05, 0.1) is 57.4 Å². The van der Waals surface area contributed by atoms with Gasteiger partial charge in [-0.3, -0.25) is 19.2 Å². The zero-order valence-corrected chi connectivity index (χ0v) is 46.8. The van der Waals surface area contributed by atoms with Crippen molar-refractivity contribution in [2.45, 2.75) is 122 Å². The van der Waals surface area contributed by atoms with Gasteiger partial charge in [-0.05, 0) is 112 Å². The van der Waals surface area contributed by atoms with Crippen LogP contribution in [0.5, 0.6) is 5.75 Å². The number of nitrogens with one attached hydrogen (secondary N) is 5. The van der Waals surface area contributed by atoms with Gasteiger partial charge in [-0.1, -0.05) is 75.2 Å². The summed E-state index contributed by atoms with van der Waals surface area (Å²) in [4.78, 5) is 70.3. The normalized spacial score (nSPS) is 15.6. The van der Waals surface area contributed by atoms with E-state index in [9.17, 15) is 32.7 Å². The fraction of sp³-hybridized carbons (Fsp3) is 0.463. The van der Waals surface area contributed by atoms with Gasteiger partial charge in [0.15, 0.2) is 15.7 Å². The summed E-state index contributed by atoms with van der Waals surface area (Å²) in [5.41, 5.74) is 6.22. The second-order valence-corrected chi connectivity index (χ2v) is 24.1. The maximum absolute atomic E-state index is 13.6. The number of amides is 4. The lowest BCUT2D eigenvalue weighted by Gasteiger charge is -2.35. The molecule has 0 bridgehead atoms. The highest BCUT2D eigenvalue weighted by Gasteiger charge is 2.44. The highest BCUT2D eigenvalue weighted by molar-refractivity contribution is 7.92. The number of rotatable bonds is 23. The van der Waals surface area contributed by atoms with Gasteiger partial charge in [-0.2, -0.15) is 4.98 Å². The Balaban J connectivity index is 0.939. The number of methoxy groups -OCH3 is 1. The number of hydrogen-bond donors (Lipinski definition) is 6. The molecule has 1 saturated heterocycles. The number of sulfone groups is 1. The van der Waals surface area contributed by atoms with Crippen LogP contribution < -0.4 is 31.3 Å².